The molecule has 9 heteroatoms. The van der Waals surface area contributed by atoms with Gasteiger partial charge in [0, 0.05) is 17.8 Å². The maximum absolute atomic E-state index is 12.2. The Kier molecular flexibility index (Phi) is 4.75. The molecule has 8 nitrogen and oxygen atoms in total. The Bertz CT molecular complexity index is 927. The maximum Gasteiger partial charge on any atom is 0.211 e. The number of nitrogens with two attached hydrogens (primary N) is 1. The van der Waals surface area contributed by atoms with Crippen LogP contribution < -0.4 is 10.8 Å². The first kappa shape index (κ1) is 16.7. The van der Waals surface area contributed by atoms with Crippen molar-refractivity contribution < 1.29 is 19.2 Å². The molecule has 0 atom stereocenters. The summed E-state index contributed by atoms with van der Waals surface area (Å²) < 4.78 is 5.08. The average molecular weight is 355 g/mol. The second-order valence-corrected chi connectivity index (χ2v) is 5.84. The van der Waals surface area contributed by atoms with Crippen LogP contribution in [0.4, 0.5) is 5.82 Å². The molecule has 2 aromatic heterocycles. The molecule has 2 heterocycles. The quantitative estimate of drug-likeness (QED) is 0.391. The van der Waals surface area contributed by atoms with Crippen LogP contribution in [0.15, 0.2) is 52.3 Å². The lowest BCUT2D eigenvalue weighted by molar-refractivity contribution is -0.255. The smallest absolute Gasteiger partial charge is 0.211 e. The predicted molar refractivity (Wildman–Crippen MR) is 87.8 cm³/mol. The fourth-order valence-corrected chi connectivity index (χ4v) is 2.65. The second-order valence-electron chi connectivity index (χ2n) is 4.89. The van der Waals surface area contributed by atoms with E-state index >= 15 is 0 Å². The van der Waals surface area contributed by atoms with E-state index in [0.717, 1.165) is 23.5 Å². The number of benzene rings is 1. The molecule has 0 aliphatic heterocycles. The zero-order valence-electron chi connectivity index (χ0n) is 12.7. The summed E-state index contributed by atoms with van der Waals surface area (Å²) in [6, 6.07) is 10.9. The number of nitrogens with zero attached hydrogens (tertiary/aromatic N) is 3. The summed E-state index contributed by atoms with van der Waals surface area (Å²) in [7, 11) is 0. The van der Waals surface area contributed by atoms with Gasteiger partial charge in [-0.3, -0.25) is 4.79 Å². The molecule has 126 valence electrons. The van der Waals surface area contributed by atoms with E-state index in [2.05, 4.69) is 15.1 Å². The monoisotopic (exact) mass is 355 g/mol. The molecule has 0 aliphatic carbocycles. The standard InChI is InChI=1S/C16H12N4O4S/c17-14-10(15(22)23)7-18-16(19-14)25-8-12(21)13-6-11(20-24-13)9-4-2-1-3-5-9/h1-7H,8H2,(H,22,23)(H2,17,18,19)/p-1. The number of carbonyl (C=O) groups excluding carboxylic acids is 2. The molecule has 0 fully saturated rings. The van der Waals surface area contributed by atoms with Gasteiger partial charge >= 0.3 is 0 Å². The Balaban J connectivity index is 1.66. The SMILES string of the molecule is Nc1nc(SCC(=O)c2cc(-c3ccccc3)no2)ncc1C(=O)[O-]. The molecule has 2 N–H and O–H groups in total. The molecule has 0 unspecified atom stereocenters. The summed E-state index contributed by atoms with van der Waals surface area (Å²) >= 11 is 1.01. The summed E-state index contributed by atoms with van der Waals surface area (Å²) in [5, 5.41) is 14.8. The van der Waals surface area contributed by atoms with Gasteiger partial charge in [-0.15, -0.1) is 0 Å². The van der Waals surface area contributed by atoms with Crippen molar-refractivity contribution in [2.75, 3.05) is 11.5 Å². The van der Waals surface area contributed by atoms with Crippen molar-refractivity contribution in [2.45, 2.75) is 5.16 Å². The van der Waals surface area contributed by atoms with Gasteiger partial charge < -0.3 is 20.2 Å². The Morgan fingerprint density at radius 1 is 1.24 bits per heavy atom. The molecule has 0 saturated carbocycles. The van der Waals surface area contributed by atoms with Crippen molar-refractivity contribution >= 4 is 29.3 Å². The normalized spacial score (nSPS) is 10.6. The second kappa shape index (κ2) is 7.14. The van der Waals surface area contributed by atoms with Gasteiger partial charge in [-0.1, -0.05) is 47.3 Å². The predicted octanol–water partition coefficient (Wildman–Crippen LogP) is 1.05. The lowest BCUT2D eigenvalue weighted by Crippen LogP contribution is -2.24. The van der Waals surface area contributed by atoms with Gasteiger partial charge in [0.2, 0.25) is 11.5 Å². The van der Waals surface area contributed by atoms with E-state index < -0.39 is 5.97 Å². The van der Waals surface area contributed by atoms with E-state index in [1.807, 2.05) is 30.3 Å². The number of hydrogen-bond acceptors (Lipinski definition) is 9. The first-order valence-electron chi connectivity index (χ1n) is 7.06. The fourth-order valence-electron chi connectivity index (χ4n) is 1.96. The molecule has 0 radical (unpaired) electrons. The fraction of sp³-hybridized carbons (Fsp3) is 0.0625. The van der Waals surface area contributed by atoms with Crippen LogP contribution in [0, 0.1) is 0 Å². The summed E-state index contributed by atoms with van der Waals surface area (Å²) in [4.78, 5) is 30.6. The molecule has 1 aromatic carbocycles. The van der Waals surface area contributed by atoms with Crippen molar-refractivity contribution in [3.63, 3.8) is 0 Å². The number of hydrogen-bond donors (Lipinski definition) is 1. The lowest BCUT2D eigenvalue weighted by atomic mass is 10.1. The van der Waals surface area contributed by atoms with Crippen molar-refractivity contribution in [1.29, 1.82) is 0 Å². The van der Waals surface area contributed by atoms with Crippen molar-refractivity contribution in [1.82, 2.24) is 15.1 Å². The minimum atomic E-state index is -1.46. The number of anilines is 1. The molecular weight excluding hydrogens is 344 g/mol. The number of nitrogen functional groups attached to an aromatic ring is 1. The van der Waals surface area contributed by atoms with E-state index in [1.165, 1.54) is 0 Å². The molecule has 0 bridgehead atoms. The van der Waals surface area contributed by atoms with Crippen LogP contribution >= 0.6 is 11.8 Å². The number of thioether (sulfide) groups is 1. The topological polar surface area (TPSA) is 135 Å². The third-order valence-electron chi connectivity index (χ3n) is 3.20. The molecule has 0 amide bonds. The van der Waals surface area contributed by atoms with Gasteiger partial charge in [-0.25, -0.2) is 9.97 Å². The summed E-state index contributed by atoms with van der Waals surface area (Å²) in [5.74, 6) is -1.86. The van der Waals surface area contributed by atoms with E-state index in [1.54, 1.807) is 6.07 Å². The lowest BCUT2D eigenvalue weighted by Gasteiger charge is -2.06. The number of carbonyl (C=O) groups is 2. The third kappa shape index (κ3) is 3.83. The molecule has 3 aromatic rings. The van der Waals surface area contributed by atoms with Gasteiger partial charge in [0.15, 0.2) is 5.16 Å². The van der Waals surface area contributed by atoms with Crippen molar-refractivity contribution in [3.05, 3.63) is 53.9 Å². The third-order valence-corrected chi connectivity index (χ3v) is 4.06. The van der Waals surface area contributed by atoms with Crippen molar-refractivity contribution in [2.24, 2.45) is 0 Å². The first-order valence-corrected chi connectivity index (χ1v) is 8.05. The molecule has 25 heavy (non-hydrogen) atoms. The molecular formula is C16H11N4O4S-. The Labute approximate surface area is 146 Å². The summed E-state index contributed by atoms with van der Waals surface area (Å²) in [6.07, 6.45) is 1.05. The largest absolute Gasteiger partial charge is 0.545 e. The Morgan fingerprint density at radius 3 is 2.68 bits per heavy atom. The summed E-state index contributed by atoms with van der Waals surface area (Å²) in [6.45, 7) is 0. The highest BCUT2D eigenvalue weighted by Gasteiger charge is 2.15. The summed E-state index contributed by atoms with van der Waals surface area (Å²) in [5.41, 5.74) is 6.62. The van der Waals surface area contributed by atoms with Gasteiger partial charge in [0.25, 0.3) is 0 Å². The molecule has 0 spiro atoms. The first-order chi connectivity index (χ1) is 12.0. The number of Topliss-reactive ketones (excluding diaryl/α,β-unsaturated/α-hetero) is 1. The minimum absolute atomic E-state index is 0.00642. The number of carboxylic acids is 1. The number of carboxylic acid groups (broad SMARTS) is 1. The number of rotatable bonds is 6. The Morgan fingerprint density at radius 2 is 2.00 bits per heavy atom. The number of ketones is 1. The van der Waals surface area contributed by atoms with Gasteiger partial charge in [-0.05, 0) is 0 Å². The minimum Gasteiger partial charge on any atom is -0.545 e. The van der Waals surface area contributed by atoms with Crippen LogP contribution in [0.1, 0.15) is 20.9 Å². The van der Waals surface area contributed by atoms with E-state index in [-0.39, 0.29) is 33.8 Å². The van der Waals surface area contributed by atoms with Crippen LogP contribution in [0.25, 0.3) is 11.3 Å². The maximum atomic E-state index is 12.2. The van der Waals surface area contributed by atoms with E-state index in [0.29, 0.717) is 5.69 Å². The van der Waals surface area contributed by atoms with Crippen molar-refractivity contribution in [3.8, 4) is 11.3 Å². The number of aromatic carboxylic acids is 1. The zero-order chi connectivity index (χ0) is 17.8. The average Bonchev–Trinajstić information content (AvgIpc) is 3.10. The van der Waals surface area contributed by atoms with Crippen LogP contribution in [0.5, 0.6) is 0 Å². The van der Waals surface area contributed by atoms with Crippen LogP contribution in [-0.4, -0.2) is 32.6 Å². The number of aromatic nitrogens is 3. The molecule has 0 aliphatic rings. The highest BCUT2D eigenvalue weighted by atomic mass is 32.2. The van der Waals surface area contributed by atoms with Gasteiger partial charge in [-0.2, -0.15) is 0 Å². The highest BCUT2D eigenvalue weighted by molar-refractivity contribution is 7.99. The van der Waals surface area contributed by atoms with Crippen LogP contribution in [0.3, 0.4) is 0 Å². The molecule has 3 rings (SSSR count). The van der Waals surface area contributed by atoms with Gasteiger partial charge in [0.1, 0.15) is 11.5 Å². The van der Waals surface area contributed by atoms with Gasteiger partial charge in [0.05, 0.1) is 17.3 Å². The molecule has 0 saturated heterocycles. The van der Waals surface area contributed by atoms with E-state index in [9.17, 15) is 14.7 Å². The van der Waals surface area contributed by atoms with Crippen LogP contribution in [-0.2, 0) is 0 Å². The zero-order valence-corrected chi connectivity index (χ0v) is 13.5. The highest BCUT2D eigenvalue weighted by Crippen LogP contribution is 2.21. The van der Waals surface area contributed by atoms with E-state index in [4.69, 9.17) is 10.3 Å². The van der Waals surface area contributed by atoms with Crippen LogP contribution in [0.2, 0.25) is 0 Å². The Hall–Kier alpha value is -3.20.